The van der Waals surface area contributed by atoms with Gasteiger partial charge in [-0.1, -0.05) is 23.7 Å². The van der Waals surface area contributed by atoms with Crippen molar-refractivity contribution in [2.45, 2.75) is 19.6 Å². The third-order valence-corrected chi connectivity index (χ3v) is 3.76. The van der Waals surface area contributed by atoms with Crippen LogP contribution < -0.4 is 10.1 Å². The molecular formula is C18H17ClN4O2. The molecule has 0 spiro atoms. The molecule has 3 rings (SSSR count). The maximum absolute atomic E-state index is 12.2. The molecule has 128 valence electrons. The fourth-order valence-electron chi connectivity index (χ4n) is 2.20. The van der Waals surface area contributed by atoms with Gasteiger partial charge in [-0.2, -0.15) is 0 Å². The van der Waals surface area contributed by atoms with Crippen molar-refractivity contribution < 1.29 is 9.53 Å². The van der Waals surface area contributed by atoms with Gasteiger partial charge in [-0.15, -0.1) is 0 Å². The summed E-state index contributed by atoms with van der Waals surface area (Å²) < 4.78 is 7.40. The van der Waals surface area contributed by atoms with Crippen molar-refractivity contribution in [3.05, 3.63) is 71.9 Å². The van der Waals surface area contributed by atoms with Crippen LogP contribution in [0.5, 0.6) is 5.75 Å². The number of pyridine rings is 1. The Hall–Kier alpha value is -2.86. The lowest BCUT2D eigenvalue weighted by Crippen LogP contribution is -2.35. The Bertz CT molecular complexity index is 835. The number of imidazole rings is 1. The normalized spacial score (nSPS) is 11.8. The maximum atomic E-state index is 12.2. The fraction of sp³-hybridized carbons (Fsp3) is 0.167. The molecule has 0 aliphatic heterocycles. The van der Waals surface area contributed by atoms with Crippen LogP contribution in [0.1, 0.15) is 12.5 Å². The second kappa shape index (κ2) is 7.81. The minimum atomic E-state index is -0.628. The molecule has 1 N–H and O–H groups in total. The van der Waals surface area contributed by atoms with Crippen LogP contribution in [0.4, 0.5) is 0 Å². The van der Waals surface area contributed by atoms with Gasteiger partial charge in [0.05, 0.1) is 0 Å². The predicted octanol–water partition coefficient (Wildman–Crippen LogP) is 3.00. The van der Waals surface area contributed by atoms with Gasteiger partial charge in [-0.3, -0.25) is 9.36 Å². The highest BCUT2D eigenvalue weighted by atomic mass is 35.5. The second-order valence-corrected chi connectivity index (χ2v) is 5.87. The van der Waals surface area contributed by atoms with E-state index < -0.39 is 6.10 Å². The molecule has 0 bridgehead atoms. The Morgan fingerprint density at radius 3 is 2.92 bits per heavy atom. The van der Waals surface area contributed by atoms with Crippen molar-refractivity contribution in [3.63, 3.8) is 0 Å². The lowest BCUT2D eigenvalue weighted by molar-refractivity contribution is -0.127. The number of ether oxygens (including phenoxy) is 1. The molecule has 0 saturated heterocycles. The molecule has 0 saturated carbocycles. The molecular weight excluding hydrogens is 340 g/mol. The zero-order valence-electron chi connectivity index (χ0n) is 13.6. The molecule has 3 aromatic rings. The van der Waals surface area contributed by atoms with Gasteiger partial charge in [-0.05, 0) is 36.8 Å². The summed E-state index contributed by atoms with van der Waals surface area (Å²) in [5.41, 5.74) is 0.896. The van der Waals surface area contributed by atoms with Crippen molar-refractivity contribution in [3.8, 4) is 11.6 Å². The van der Waals surface area contributed by atoms with Crippen LogP contribution in [0, 0.1) is 0 Å². The summed E-state index contributed by atoms with van der Waals surface area (Å²) in [4.78, 5) is 20.5. The number of carbonyl (C=O) groups excluding carboxylic acids is 1. The fourth-order valence-corrected chi connectivity index (χ4v) is 2.38. The van der Waals surface area contributed by atoms with E-state index in [0.29, 0.717) is 17.3 Å². The number of carbonyl (C=O) groups is 1. The van der Waals surface area contributed by atoms with Crippen molar-refractivity contribution in [1.82, 2.24) is 19.9 Å². The highest BCUT2D eigenvalue weighted by molar-refractivity contribution is 6.30. The first-order valence-electron chi connectivity index (χ1n) is 7.75. The average Bonchev–Trinajstić information content (AvgIpc) is 3.14. The third kappa shape index (κ3) is 4.58. The molecule has 0 aliphatic carbocycles. The van der Waals surface area contributed by atoms with Gasteiger partial charge in [-0.25, -0.2) is 9.97 Å². The molecule has 2 heterocycles. The van der Waals surface area contributed by atoms with Crippen LogP contribution >= 0.6 is 11.6 Å². The molecule has 1 aromatic carbocycles. The third-order valence-electron chi connectivity index (χ3n) is 3.52. The minimum absolute atomic E-state index is 0.210. The summed E-state index contributed by atoms with van der Waals surface area (Å²) in [6.07, 6.45) is 6.28. The van der Waals surface area contributed by atoms with E-state index in [9.17, 15) is 4.79 Å². The Labute approximate surface area is 150 Å². The Morgan fingerprint density at radius 1 is 1.36 bits per heavy atom. The maximum Gasteiger partial charge on any atom is 0.261 e. The Morgan fingerprint density at radius 2 is 2.24 bits per heavy atom. The molecule has 1 unspecified atom stereocenters. The van der Waals surface area contributed by atoms with Crippen molar-refractivity contribution in [2.75, 3.05) is 0 Å². The van der Waals surface area contributed by atoms with Gasteiger partial charge in [0.15, 0.2) is 6.10 Å². The van der Waals surface area contributed by atoms with Crippen LogP contribution in [0.25, 0.3) is 5.82 Å². The minimum Gasteiger partial charge on any atom is -0.481 e. The second-order valence-electron chi connectivity index (χ2n) is 5.43. The number of hydrogen-bond donors (Lipinski definition) is 1. The molecule has 6 nitrogen and oxygen atoms in total. The highest BCUT2D eigenvalue weighted by Gasteiger charge is 2.14. The zero-order chi connectivity index (χ0) is 17.6. The standard InChI is InChI=1S/C18H17ClN4O2/c1-13(25-16-4-2-3-15(19)9-16)18(24)22-11-14-5-6-17(21-10-14)23-8-7-20-12-23/h2-10,12-13H,11H2,1H3,(H,22,24). The van der Waals surface area contributed by atoms with Gasteiger partial charge < -0.3 is 10.1 Å². The summed E-state index contributed by atoms with van der Waals surface area (Å²) in [6, 6.07) is 10.7. The van der Waals surface area contributed by atoms with Crippen LogP contribution in [0.3, 0.4) is 0 Å². The van der Waals surface area contributed by atoms with Gasteiger partial charge >= 0.3 is 0 Å². The van der Waals surface area contributed by atoms with E-state index in [1.54, 1.807) is 49.9 Å². The summed E-state index contributed by atoms with van der Waals surface area (Å²) in [6.45, 7) is 2.07. The summed E-state index contributed by atoms with van der Waals surface area (Å²) in [5.74, 6) is 1.12. The first kappa shape index (κ1) is 17.0. The van der Waals surface area contributed by atoms with Gasteiger partial charge in [0, 0.05) is 30.2 Å². The average molecular weight is 357 g/mol. The van der Waals surface area contributed by atoms with Crippen LogP contribution in [-0.2, 0) is 11.3 Å². The molecule has 2 aromatic heterocycles. The predicted molar refractivity (Wildman–Crippen MR) is 94.7 cm³/mol. The van der Waals surface area contributed by atoms with Crippen molar-refractivity contribution in [2.24, 2.45) is 0 Å². The van der Waals surface area contributed by atoms with Gasteiger partial charge in [0.1, 0.15) is 17.9 Å². The van der Waals surface area contributed by atoms with Crippen LogP contribution in [0.15, 0.2) is 61.3 Å². The first-order valence-corrected chi connectivity index (χ1v) is 8.13. The number of rotatable bonds is 6. The van der Waals surface area contributed by atoms with E-state index in [1.807, 2.05) is 22.9 Å². The Balaban J connectivity index is 1.53. The van der Waals surface area contributed by atoms with Crippen LogP contribution in [0.2, 0.25) is 5.02 Å². The first-order chi connectivity index (χ1) is 12.1. The van der Waals surface area contributed by atoms with Crippen molar-refractivity contribution >= 4 is 17.5 Å². The number of nitrogens with one attached hydrogen (secondary N) is 1. The van der Waals surface area contributed by atoms with E-state index in [0.717, 1.165) is 11.4 Å². The van der Waals surface area contributed by atoms with E-state index in [4.69, 9.17) is 16.3 Å². The van der Waals surface area contributed by atoms with Crippen LogP contribution in [-0.4, -0.2) is 26.5 Å². The summed E-state index contributed by atoms with van der Waals surface area (Å²) in [7, 11) is 0. The topological polar surface area (TPSA) is 69.0 Å². The van der Waals surface area contributed by atoms with Crippen molar-refractivity contribution in [1.29, 1.82) is 0 Å². The number of hydrogen-bond acceptors (Lipinski definition) is 4. The number of nitrogens with zero attached hydrogens (tertiary/aromatic N) is 3. The van der Waals surface area contributed by atoms with E-state index in [-0.39, 0.29) is 5.91 Å². The molecule has 0 radical (unpaired) electrons. The molecule has 25 heavy (non-hydrogen) atoms. The summed E-state index contributed by atoms with van der Waals surface area (Å²) >= 11 is 5.91. The van der Waals surface area contributed by atoms with E-state index in [1.165, 1.54) is 0 Å². The van der Waals surface area contributed by atoms with E-state index >= 15 is 0 Å². The van der Waals surface area contributed by atoms with E-state index in [2.05, 4.69) is 15.3 Å². The molecule has 0 fully saturated rings. The van der Waals surface area contributed by atoms with Gasteiger partial charge in [0.25, 0.3) is 5.91 Å². The number of amides is 1. The SMILES string of the molecule is CC(Oc1cccc(Cl)c1)C(=O)NCc1ccc(-n2ccnc2)nc1. The molecule has 0 aliphatic rings. The lowest BCUT2D eigenvalue weighted by Gasteiger charge is -2.15. The quantitative estimate of drug-likeness (QED) is 0.737. The number of aromatic nitrogens is 3. The lowest BCUT2D eigenvalue weighted by atomic mass is 10.2. The summed E-state index contributed by atoms with van der Waals surface area (Å²) in [5, 5.41) is 3.40. The highest BCUT2D eigenvalue weighted by Crippen LogP contribution is 2.18. The molecule has 1 atom stereocenters. The smallest absolute Gasteiger partial charge is 0.261 e. The Kier molecular flexibility index (Phi) is 5.30. The number of benzene rings is 1. The van der Waals surface area contributed by atoms with Gasteiger partial charge in [0.2, 0.25) is 0 Å². The molecule has 1 amide bonds. The monoisotopic (exact) mass is 356 g/mol. The zero-order valence-corrected chi connectivity index (χ0v) is 14.3. The molecule has 7 heteroatoms. The largest absolute Gasteiger partial charge is 0.481 e. The number of halogens is 1.